The molecule has 2 aromatic carbocycles. The van der Waals surface area contributed by atoms with Crippen molar-refractivity contribution >= 4 is 29.1 Å². The molecule has 2 aromatic rings. The lowest BCUT2D eigenvalue weighted by molar-refractivity contribution is -0.126. The Morgan fingerprint density at radius 3 is 2.63 bits per heavy atom. The molecule has 3 amide bonds. The fourth-order valence-corrected chi connectivity index (χ4v) is 4.81. The standard InChI is InChI=1S/C27H34N4O4/c1-3-17(2)25-27(34)30-22-15-18(26(33)29-21-12-8-7-11-20(21)28)13-14-23(22)31(25)24(32)16-35-19-9-5-4-6-10-19/h4-6,9-10,13-15,17,20-21,25H,3,7-8,11-12,16,28H2,1-2H3,(H,29,33)(H,30,34). The van der Waals surface area contributed by atoms with Crippen molar-refractivity contribution in [2.45, 2.75) is 64.1 Å². The van der Waals surface area contributed by atoms with Gasteiger partial charge in [-0.1, -0.05) is 51.3 Å². The average molecular weight is 479 g/mol. The minimum Gasteiger partial charge on any atom is -0.484 e. The zero-order valence-corrected chi connectivity index (χ0v) is 20.3. The largest absolute Gasteiger partial charge is 0.484 e. The summed E-state index contributed by atoms with van der Waals surface area (Å²) in [7, 11) is 0. The van der Waals surface area contributed by atoms with Crippen molar-refractivity contribution in [1.29, 1.82) is 0 Å². The van der Waals surface area contributed by atoms with Crippen LogP contribution in [0.3, 0.4) is 0 Å². The zero-order chi connectivity index (χ0) is 24.9. The van der Waals surface area contributed by atoms with Gasteiger partial charge in [-0.05, 0) is 49.1 Å². The van der Waals surface area contributed by atoms with E-state index in [2.05, 4.69) is 10.6 Å². The van der Waals surface area contributed by atoms with Crippen molar-refractivity contribution in [2.24, 2.45) is 11.7 Å². The van der Waals surface area contributed by atoms with Crippen molar-refractivity contribution in [1.82, 2.24) is 5.32 Å². The number of carbonyl (C=O) groups is 3. The van der Waals surface area contributed by atoms with Crippen LogP contribution in [0.4, 0.5) is 11.4 Å². The van der Waals surface area contributed by atoms with Crippen LogP contribution in [0, 0.1) is 5.92 Å². The lowest BCUT2D eigenvalue weighted by Gasteiger charge is -2.39. The first kappa shape index (κ1) is 24.7. The van der Waals surface area contributed by atoms with Gasteiger partial charge in [0, 0.05) is 17.6 Å². The third-order valence-electron chi connectivity index (χ3n) is 7.02. The Morgan fingerprint density at radius 1 is 1.17 bits per heavy atom. The van der Waals surface area contributed by atoms with Crippen LogP contribution in [0.5, 0.6) is 5.75 Å². The normalized spacial score (nSPS) is 22.5. The van der Waals surface area contributed by atoms with E-state index >= 15 is 0 Å². The zero-order valence-electron chi connectivity index (χ0n) is 20.3. The van der Waals surface area contributed by atoms with E-state index in [4.69, 9.17) is 10.5 Å². The third-order valence-corrected chi connectivity index (χ3v) is 7.02. The van der Waals surface area contributed by atoms with Gasteiger partial charge in [0.05, 0.1) is 11.4 Å². The third kappa shape index (κ3) is 5.48. The van der Waals surface area contributed by atoms with Crippen LogP contribution in [0.15, 0.2) is 48.5 Å². The van der Waals surface area contributed by atoms with E-state index < -0.39 is 6.04 Å². The molecule has 0 spiro atoms. The summed E-state index contributed by atoms with van der Waals surface area (Å²) in [5, 5.41) is 5.95. The second-order valence-corrected chi connectivity index (χ2v) is 9.45. The van der Waals surface area contributed by atoms with E-state index in [0.29, 0.717) is 22.7 Å². The number of fused-ring (bicyclic) bond motifs is 1. The van der Waals surface area contributed by atoms with Crippen molar-refractivity contribution in [2.75, 3.05) is 16.8 Å². The van der Waals surface area contributed by atoms with Crippen molar-refractivity contribution in [3.8, 4) is 5.75 Å². The molecule has 4 rings (SSSR count). The van der Waals surface area contributed by atoms with E-state index in [-0.39, 0.29) is 42.3 Å². The lowest BCUT2D eigenvalue weighted by Crippen LogP contribution is -2.55. The molecule has 0 aromatic heterocycles. The smallest absolute Gasteiger partial charge is 0.265 e. The number of benzene rings is 2. The average Bonchev–Trinajstić information content (AvgIpc) is 2.87. The Labute approximate surface area is 206 Å². The minimum atomic E-state index is -0.667. The Balaban J connectivity index is 1.58. The summed E-state index contributed by atoms with van der Waals surface area (Å²) in [5.74, 6) is -0.318. The number of para-hydroxylation sites is 1. The maximum absolute atomic E-state index is 13.4. The highest BCUT2D eigenvalue weighted by Crippen LogP contribution is 2.36. The van der Waals surface area contributed by atoms with Gasteiger partial charge in [-0.3, -0.25) is 19.3 Å². The molecule has 1 saturated carbocycles. The molecule has 0 saturated heterocycles. The molecular weight excluding hydrogens is 444 g/mol. The molecule has 1 heterocycles. The number of carbonyl (C=O) groups excluding carboxylic acids is 3. The maximum atomic E-state index is 13.4. The predicted octanol–water partition coefficient (Wildman–Crippen LogP) is 3.47. The molecule has 4 N–H and O–H groups in total. The molecule has 0 radical (unpaired) electrons. The summed E-state index contributed by atoms with van der Waals surface area (Å²) in [6.07, 6.45) is 4.59. The Bertz CT molecular complexity index is 1070. The first-order valence-electron chi connectivity index (χ1n) is 12.4. The number of ether oxygens (including phenoxy) is 1. The Morgan fingerprint density at radius 2 is 1.91 bits per heavy atom. The SMILES string of the molecule is CCC(C)C1C(=O)Nc2cc(C(=O)NC3CCCCC3N)ccc2N1C(=O)COc1ccccc1. The molecule has 8 nitrogen and oxygen atoms in total. The summed E-state index contributed by atoms with van der Waals surface area (Å²) in [6, 6.07) is 13.3. The van der Waals surface area contributed by atoms with Gasteiger partial charge in [0.2, 0.25) is 5.91 Å². The van der Waals surface area contributed by atoms with Crippen LogP contribution in [0.1, 0.15) is 56.3 Å². The number of amides is 3. The van der Waals surface area contributed by atoms with E-state index in [0.717, 1.165) is 32.1 Å². The van der Waals surface area contributed by atoms with Crippen LogP contribution in [0.2, 0.25) is 0 Å². The van der Waals surface area contributed by atoms with Gasteiger partial charge in [0.1, 0.15) is 11.8 Å². The number of hydrogen-bond acceptors (Lipinski definition) is 5. The lowest BCUT2D eigenvalue weighted by atomic mass is 9.90. The molecule has 1 aliphatic heterocycles. The molecule has 186 valence electrons. The fraction of sp³-hybridized carbons (Fsp3) is 0.444. The number of nitrogens with two attached hydrogens (primary N) is 1. The fourth-order valence-electron chi connectivity index (χ4n) is 4.81. The van der Waals surface area contributed by atoms with Crippen LogP contribution in [-0.4, -0.2) is 42.5 Å². The molecule has 1 fully saturated rings. The number of nitrogens with one attached hydrogen (secondary N) is 2. The quantitative estimate of drug-likeness (QED) is 0.564. The van der Waals surface area contributed by atoms with Crippen molar-refractivity contribution in [3.05, 3.63) is 54.1 Å². The highest BCUT2D eigenvalue weighted by atomic mass is 16.5. The van der Waals surface area contributed by atoms with Crippen LogP contribution in [-0.2, 0) is 9.59 Å². The molecule has 1 aliphatic carbocycles. The van der Waals surface area contributed by atoms with E-state index in [1.807, 2.05) is 32.0 Å². The van der Waals surface area contributed by atoms with E-state index in [9.17, 15) is 14.4 Å². The molecule has 4 unspecified atom stereocenters. The molecular formula is C27H34N4O4. The van der Waals surface area contributed by atoms with Gasteiger partial charge in [0.15, 0.2) is 6.61 Å². The summed E-state index contributed by atoms with van der Waals surface area (Å²) >= 11 is 0. The predicted molar refractivity (Wildman–Crippen MR) is 135 cm³/mol. The minimum absolute atomic E-state index is 0.0564. The Kier molecular flexibility index (Phi) is 7.70. The van der Waals surface area contributed by atoms with Crippen LogP contribution >= 0.6 is 0 Å². The van der Waals surface area contributed by atoms with E-state index in [1.165, 1.54) is 4.90 Å². The molecule has 2 aliphatic rings. The maximum Gasteiger partial charge on any atom is 0.265 e. The van der Waals surface area contributed by atoms with Gasteiger partial charge in [-0.15, -0.1) is 0 Å². The molecule has 8 heteroatoms. The highest BCUT2D eigenvalue weighted by Gasteiger charge is 2.40. The number of hydrogen-bond donors (Lipinski definition) is 3. The van der Waals surface area contributed by atoms with Gasteiger partial charge >= 0.3 is 0 Å². The summed E-state index contributed by atoms with van der Waals surface area (Å²) in [4.78, 5) is 40.9. The van der Waals surface area contributed by atoms with Crippen LogP contribution in [0.25, 0.3) is 0 Å². The molecule has 4 atom stereocenters. The summed E-state index contributed by atoms with van der Waals surface area (Å²) in [6.45, 7) is 3.73. The highest BCUT2D eigenvalue weighted by molar-refractivity contribution is 6.13. The number of anilines is 2. The van der Waals surface area contributed by atoms with Gasteiger partial charge < -0.3 is 21.1 Å². The van der Waals surface area contributed by atoms with E-state index in [1.54, 1.807) is 30.3 Å². The number of nitrogens with zero attached hydrogens (tertiary/aromatic N) is 1. The Hall–Kier alpha value is -3.39. The number of rotatable bonds is 7. The van der Waals surface area contributed by atoms with Gasteiger partial charge in [-0.25, -0.2) is 0 Å². The first-order valence-corrected chi connectivity index (χ1v) is 12.4. The van der Waals surface area contributed by atoms with Crippen molar-refractivity contribution < 1.29 is 19.1 Å². The second kappa shape index (κ2) is 10.9. The van der Waals surface area contributed by atoms with Crippen LogP contribution < -0.4 is 26.0 Å². The topological polar surface area (TPSA) is 114 Å². The first-order chi connectivity index (χ1) is 16.9. The van der Waals surface area contributed by atoms with Gasteiger partial charge in [0.25, 0.3) is 11.8 Å². The monoisotopic (exact) mass is 478 g/mol. The molecule has 0 bridgehead atoms. The van der Waals surface area contributed by atoms with Gasteiger partial charge in [-0.2, -0.15) is 0 Å². The van der Waals surface area contributed by atoms with Crippen molar-refractivity contribution in [3.63, 3.8) is 0 Å². The molecule has 35 heavy (non-hydrogen) atoms. The second-order valence-electron chi connectivity index (χ2n) is 9.45. The summed E-state index contributed by atoms with van der Waals surface area (Å²) < 4.78 is 5.69. The summed E-state index contributed by atoms with van der Waals surface area (Å²) in [5.41, 5.74) is 7.59.